The molecule has 5 aromatic rings. The van der Waals surface area contributed by atoms with Gasteiger partial charge in [0.15, 0.2) is 27.8 Å². The number of rotatable bonds is 10. The van der Waals surface area contributed by atoms with Gasteiger partial charge in [-0.3, -0.25) is 9.48 Å². The third-order valence-electron chi connectivity index (χ3n) is 5.89. The van der Waals surface area contributed by atoms with Crippen LogP contribution in [-0.4, -0.2) is 36.1 Å². The number of carbonyl (C=O) groups excluding carboxylic acids is 1. The Labute approximate surface area is 222 Å². The van der Waals surface area contributed by atoms with E-state index in [1.165, 1.54) is 18.7 Å². The summed E-state index contributed by atoms with van der Waals surface area (Å²) >= 11 is 7.00. The van der Waals surface area contributed by atoms with Gasteiger partial charge in [-0.2, -0.15) is 5.10 Å². The summed E-state index contributed by atoms with van der Waals surface area (Å²) in [5.74, 6) is 0.418. The summed E-state index contributed by atoms with van der Waals surface area (Å²) in [6.07, 6.45) is 3.51. The Morgan fingerprint density at radius 1 is 1.14 bits per heavy atom. The highest BCUT2D eigenvalue weighted by Crippen LogP contribution is 2.33. The van der Waals surface area contributed by atoms with E-state index in [0.717, 1.165) is 28.0 Å². The number of hydrogen-bond donors (Lipinski definition) is 0. The van der Waals surface area contributed by atoms with Crippen LogP contribution in [0.1, 0.15) is 33.8 Å². The first-order chi connectivity index (χ1) is 17.8. The first-order valence-electron chi connectivity index (χ1n) is 11.3. The van der Waals surface area contributed by atoms with Crippen molar-refractivity contribution in [1.82, 2.24) is 14.8 Å². The van der Waals surface area contributed by atoms with Crippen LogP contribution in [0, 0.1) is 0 Å². The Bertz CT molecular complexity index is 1670. The van der Waals surface area contributed by atoms with Gasteiger partial charge < -0.3 is 9.15 Å². The molecule has 37 heavy (non-hydrogen) atoms. The Kier molecular flexibility index (Phi) is 7.14. The van der Waals surface area contributed by atoms with Crippen LogP contribution >= 0.6 is 22.9 Å². The third kappa shape index (κ3) is 5.46. The van der Waals surface area contributed by atoms with Crippen molar-refractivity contribution < 1.29 is 22.4 Å². The molecule has 3 aromatic heterocycles. The molecule has 0 fully saturated rings. The molecule has 0 atom stereocenters. The molecule has 0 spiro atoms. The summed E-state index contributed by atoms with van der Waals surface area (Å²) in [6, 6.07) is 16.5. The normalized spacial score (nSPS) is 11.7. The molecule has 8 nitrogen and oxygen atoms in total. The number of ether oxygens (including phenoxy) is 1. The second kappa shape index (κ2) is 10.5. The summed E-state index contributed by atoms with van der Waals surface area (Å²) < 4.78 is 39.2. The minimum atomic E-state index is -3.65. The predicted octanol–water partition coefficient (Wildman–Crippen LogP) is 5.59. The van der Waals surface area contributed by atoms with Crippen molar-refractivity contribution in [3.63, 3.8) is 0 Å². The molecule has 0 aliphatic heterocycles. The largest absolute Gasteiger partial charge is 0.496 e. The number of hydrogen-bond acceptors (Lipinski definition) is 8. The molecule has 0 saturated carbocycles. The van der Waals surface area contributed by atoms with Gasteiger partial charge in [-0.05, 0) is 41.8 Å². The van der Waals surface area contributed by atoms with Crippen LogP contribution in [0.3, 0.4) is 0 Å². The van der Waals surface area contributed by atoms with Gasteiger partial charge in [0, 0.05) is 6.42 Å². The van der Waals surface area contributed by atoms with Crippen molar-refractivity contribution in [2.45, 2.75) is 29.3 Å². The van der Waals surface area contributed by atoms with Crippen molar-refractivity contribution in [1.29, 1.82) is 0 Å². The molecule has 0 amide bonds. The van der Waals surface area contributed by atoms with Gasteiger partial charge in [0.1, 0.15) is 15.7 Å². The molecular formula is C26H22ClN3O5S2. The average Bonchev–Trinajstić information content (AvgIpc) is 3.64. The molecule has 3 heterocycles. The fraction of sp³-hybridized carbons (Fsp3) is 0.192. The van der Waals surface area contributed by atoms with E-state index in [2.05, 4.69) is 4.98 Å². The van der Waals surface area contributed by atoms with Crippen LogP contribution in [0.25, 0.3) is 10.9 Å². The second-order valence-electron chi connectivity index (χ2n) is 8.39. The number of benzene rings is 2. The minimum Gasteiger partial charge on any atom is -0.496 e. The molecule has 2 aromatic carbocycles. The maximum Gasteiger partial charge on any atom is 0.200 e. The summed E-state index contributed by atoms with van der Waals surface area (Å²) in [6.45, 7) is 0.415. The van der Waals surface area contributed by atoms with Crippen molar-refractivity contribution in [3.8, 4) is 5.75 Å². The quantitative estimate of drug-likeness (QED) is 0.207. The number of methoxy groups -OCH3 is 1. The maximum atomic E-state index is 13.1. The summed E-state index contributed by atoms with van der Waals surface area (Å²) in [5, 5.41) is 5.36. The van der Waals surface area contributed by atoms with Gasteiger partial charge >= 0.3 is 0 Å². The van der Waals surface area contributed by atoms with Crippen LogP contribution in [0.5, 0.6) is 5.75 Å². The van der Waals surface area contributed by atoms with E-state index in [9.17, 15) is 13.2 Å². The van der Waals surface area contributed by atoms with Crippen molar-refractivity contribution in [2.24, 2.45) is 0 Å². The molecule has 0 N–H and O–H groups in total. The first-order valence-corrected chi connectivity index (χ1v) is 14.2. The highest BCUT2D eigenvalue weighted by atomic mass is 35.5. The van der Waals surface area contributed by atoms with Crippen LogP contribution in [0.15, 0.2) is 75.8 Å². The minimum absolute atomic E-state index is 0.106. The zero-order valence-electron chi connectivity index (χ0n) is 19.8. The lowest BCUT2D eigenvalue weighted by Crippen LogP contribution is -2.06. The number of aryl methyl sites for hydroxylation is 1. The van der Waals surface area contributed by atoms with Gasteiger partial charge in [0.2, 0.25) is 0 Å². The molecule has 0 saturated heterocycles. The fourth-order valence-electron chi connectivity index (χ4n) is 4.17. The SMILES string of the molecule is COc1cccc2c1c(CS(=O)(=O)c1ccc(Cl)s1)nn2Cc1cccc(CCC(=O)c2cnco2)c1. The molecule has 0 radical (unpaired) electrons. The van der Waals surface area contributed by atoms with E-state index in [-0.39, 0.29) is 21.5 Å². The number of fused-ring (bicyclic) bond motifs is 1. The van der Waals surface area contributed by atoms with Crippen LogP contribution in [0.4, 0.5) is 0 Å². The van der Waals surface area contributed by atoms with Crippen LogP contribution < -0.4 is 4.74 Å². The number of aromatic nitrogens is 3. The molecule has 0 bridgehead atoms. The zero-order valence-corrected chi connectivity index (χ0v) is 22.1. The molecule has 0 aliphatic carbocycles. The molecule has 11 heteroatoms. The van der Waals surface area contributed by atoms with Gasteiger partial charge in [-0.1, -0.05) is 41.9 Å². The van der Waals surface area contributed by atoms with Crippen molar-refractivity contribution in [3.05, 3.63) is 94.1 Å². The Morgan fingerprint density at radius 3 is 2.68 bits per heavy atom. The number of halogens is 1. The maximum absolute atomic E-state index is 13.1. The highest BCUT2D eigenvalue weighted by molar-refractivity contribution is 7.92. The molecule has 0 unspecified atom stereocenters. The predicted molar refractivity (Wildman–Crippen MR) is 141 cm³/mol. The van der Waals surface area contributed by atoms with Crippen molar-refractivity contribution >= 4 is 49.5 Å². The number of thiophene rings is 1. The molecular weight excluding hydrogens is 534 g/mol. The molecule has 0 aliphatic rings. The summed E-state index contributed by atoms with van der Waals surface area (Å²) in [5.41, 5.74) is 3.14. The lowest BCUT2D eigenvalue weighted by atomic mass is 10.0. The number of Topliss-reactive ketones (excluding diaryl/α,β-unsaturated/α-hetero) is 1. The zero-order chi connectivity index (χ0) is 26.0. The number of carbonyl (C=O) groups is 1. The van der Waals surface area contributed by atoms with Crippen LogP contribution in [-0.2, 0) is 28.6 Å². The monoisotopic (exact) mass is 555 g/mol. The van der Waals surface area contributed by atoms with Gasteiger partial charge in [-0.15, -0.1) is 11.3 Å². The van der Waals surface area contributed by atoms with Crippen LogP contribution in [0.2, 0.25) is 4.34 Å². The smallest absolute Gasteiger partial charge is 0.200 e. The highest BCUT2D eigenvalue weighted by Gasteiger charge is 2.24. The Morgan fingerprint density at radius 2 is 1.95 bits per heavy atom. The van der Waals surface area contributed by atoms with Gasteiger partial charge in [0.05, 0.1) is 40.8 Å². The van der Waals surface area contributed by atoms with E-state index < -0.39 is 9.84 Å². The van der Waals surface area contributed by atoms with E-state index in [4.69, 9.17) is 25.9 Å². The van der Waals surface area contributed by atoms with Gasteiger partial charge in [0.25, 0.3) is 0 Å². The van der Waals surface area contributed by atoms with E-state index in [1.54, 1.807) is 23.9 Å². The Balaban J connectivity index is 1.43. The van der Waals surface area contributed by atoms with Crippen molar-refractivity contribution in [2.75, 3.05) is 7.11 Å². The van der Waals surface area contributed by atoms with E-state index in [0.29, 0.717) is 40.6 Å². The summed E-state index contributed by atoms with van der Waals surface area (Å²) in [4.78, 5) is 16.1. The van der Waals surface area contributed by atoms with Gasteiger partial charge in [-0.25, -0.2) is 13.4 Å². The second-order valence-corrected chi connectivity index (χ2v) is 12.3. The number of ketones is 1. The topological polar surface area (TPSA) is 104 Å². The lowest BCUT2D eigenvalue weighted by Gasteiger charge is -2.07. The fourth-order valence-corrected chi connectivity index (χ4v) is 7.02. The number of nitrogens with zero attached hydrogens (tertiary/aromatic N) is 3. The standard InChI is InChI=1S/C26H22ClN3O5S2/c1-34-22-7-3-6-20-26(22)19(15-37(32,33)25-11-10-24(27)36-25)29-30(20)14-18-5-2-4-17(12-18)8-9-21(31)23-13-28-16-35-23/h2-7,10-13,16H,8-9,14-15H2,1H3. The molecule has 5 rings (SSSR count). The molecule has 190 valence electrons. The Hall–Kier alpha value is -3.47. The average molecular weight is 556 g/mol. The van der Waals surface area contributed by atoms with E-state index >= 15 is 0 Å². The van der Waals surface area contributed by atoms with E-state index in [1.807, 2.05) is 36.4 Å². The number of sulfone groups is 1. The summed E-state index contributed by atoms with van der Waals surface area (Å²) in [7, 11) is -2.10. The third-order valence-corrected chi connectivity index (χ3v) is 9.33. The number of oxazole rings is 1. The lowest BCUT2D eigenvalue weighted by molar-refractivity contribution is 0.0956. The first kappa shape index (κ1) is 25.2.